The molecule has 1 aliphatic carbocycles. The number of benzene rings is 1. The maximum Gasteiger partial charge on any atom is 0.251 e. The molecule has 0 spiro atoms. The standard InChI is InChI=1S/C17H24N2O3.ClH/c18-16(12-1-2-12)11-19-17(20)13-3-5-14(6-4-13)22-15-7-9-21-10-8-15;/h3-6,12,15-16H,1-2,7-11,18H2,(H,19,20);1H. The molecule has 1 atom stereocenters. The number of ether oxygens (including phenoxy) is 2. The van der Waals surface area contributed by atoms with Gasteiger partial charge in [0.2, 0.25) is 0 Å². The maximum absolute atomic E-state index is 12.1. The van der Waals surface area contributed by atoms with Gasteiger partial charge in [-0.2, -0.15) is 0 Å². The Morgan fingerprint density at radius 3 is 2.48 bits per heavy atom. The highest BCUT2D eigenvalue weighted by molar-refractivity contribution is 5.94. The van der Waals surface area contributed by atoms with Crippen molar-refractivity contribution in [2.75, 3.05) is 19.8 Å². The molecule has 1 amide bonds. The smallest absolute Gasteiger partial charge is 0.251 e. The van der Waals surface area contributed by atoms with Gasteiger partial charge in [0, 0.05) is 31.0 Å². The summed E-state index contributed by atoms with van der Waals surface area (Å²) in [6, 6.07) is 7.38. The minimum Gasteiger partial charge on any atom is -0.490 e. The van der Waals surface area contributed by atoms with Crippen LogP contribution in [-0.2, 0) is 4.74 Å². The first kappa shape index (κ1) is 18.0. The van der Waals surface area contributed by atoms with Gasteiger partial charge in [0.25, 0.3) is 5.91 Å². The molecule has 23 heavy (non-hydrogen) atoms. The van der Waals surface area contributed by atoms with Crippen LogP contribution in [0.2, 0.25) is 0 Å². The number of hydrogen-bond acceptors (Lipinski definition) is 4. The zero-order chi connectivity index (χ0) is 15.4. The number of nitrogens with two attached hydrogens (primary N) is 1. The average Bonchev–Trinajstić information content (AvgIpc) is 3.39. The van der Waals surface area contributed by atoms with Crippen molar-refractivity contribution < 1.29 is 14.3 Å². The average molecular weight is 341 g/mol. The lowest BCUT2D eigenvalue weighted by Gasteiger charge is -2.23. The van der Waals surface area contributed by atoms with E-state index in [2.05, 4.69) is 5.32 Å². The van der Waals surface area contributed by atoms with E-state index in [0.717, 1.165) is 31.8 Å². The van der Waals surface area contributed by atoms with Crippen LogP contribution in [0.5, 0.6) is 5.75 Å². The summed E-state index contributed by atoms with van der Waals surface area (Å²) >= 11 is 0. The second-order valence-corrected chi connectivity index (χ2v) is 6.17. The Morgan fingerprint density at radius 1 is 1.22 bits per heavy atom. The van der Waals surface area contributed by atoms with E-state index in [9.17, 15) is 4.79 Å². The predicted molar refractivity (Wildman–Crippen MR) is 91.2 cm³/mol. The van der Waals surface area contributed by atoms with Gasteiger partial charge in [0.05, 0.1) is 13.2 Å². The van der Waals surface area contributed by atoms with E-state index in [1.807, 2.05) is 12.1 Å². The Morgan fingerprint density at radius 2 is 1.87 bits per heavy atom. The molecule has 1 saturated heterocycles. The second-order valence-electron chi connectivity index (χ2n) is 6.17. The third kappa shape index (κ3) is 5.37. The molecule has 1 aromatic rings. The second kappa shape index (κ2) is 8.52. The maximum atomic E-state index is 12.1. The first-order valence-electron chi connectivity index (χ1n) is 8.10. The quantitative estimate of drug-likeness (QED) is 0.832. The molecular formula is C17H25ClN2O3. The van der Waals surface area contributed by atoms with E-state index in [4.69, 9.17) is 15.2 Å². The summed E-state index contributed by atoms with van der Waals surface area (Å²) in [5.74, 6) is 1.32. The van der Waals surface area contributed by atoms with E-state index in [1.54, 1.807) is 12.1 Å². The molecular weight excluding hydrogens is 316 g/mol. The van der Waals surface area contributed by atoms with E-state index in [0.29, 0.717) is 18.0 Å². The van der Waals surface area contributed by atoms with Crippen molar-refractivity contribution in [1.82, 2.24) is 5.32 Å². The summed E-state index contributed by atoms with van der Waals surface area (Å²) in [6.45, 7) is 2.06. The van der Waals surface area contributed by atoms with E-state index >= 15 is 0 Å². The van der Waals surface area contributed by atoms with Crippen LogP contribution in [0.25, 0.3) is 0 Å². The molecule has 0 bridgehead atoms. The number of amides is 1. The minimum absolute atomic E-state index is 0. The highest BCUT2D eigenvalue weighted by Crippen LogP contribution is 2.31. The highest BCUT2D eigenvalue weighted by Gasteiger charge is 2.28. The molecule has 1 unspecified atom stereocenters. The van der Waals surface area contributed by atoms with Gasteiger partial charge in [-0.1, -0.05) is 0 Å². The number of carbonyl (C=O) groups excluding carboxylic acids is 1. The molecule has 5 nitrogen and oxygen atoms in total. The summed E-state index contributed by atoms with van der Waals surface area (Å²) in [6.07, 6.45) is 4.43. The summed E-state index contributed by atoms with van der Waals surface area (Å²) < 4.78 is 11.2. The Balaban J connectivity index is 0.00000192. The molecule has 2 aliphatic rings. The van der Waals surface area contributed by atoms with Crippen molar-refractivity contribution in [1.29, 1.82) is 0 Å². The summed E-state index contributed by atoms with van der Waals surface area (Å²) in [4.78, 5) is 12.1. The zero-order valence-electron chi connectivity index (χ0n) is 13.2. The van der Waals surface area contributed by atoms with Crippen LogP contribution >= 0.6 is 12.4 Å². The van der Waals surface area contributed by atoms with E-state index in [1.165, 1.54) is 12.8 Å². The lowest BCUT2D eigenvalue weighted by molar-refractivity contribution is 0.0256. The third-order valence-corrected chi connectivity index (χ3v) is 4.31. The Labute approximate surface area is 143 Å². The summed E-state index contributed by atoms with van der Waals surface area (Å²) in [5.41, 5.74) is 6.63. The van der Waals surface area contributed by atoms with Crippen LogP contribution in [0.1, 0.15) is 36.0 Å². The number of hydrogen-bond donors (Lipinski definition) is 2. The minimum atomic E-state index is -0.0753. The van der Waals surface area contributed by atoms with Crippen molar-refractivity contribution in [2.24, 2.45) is 11.7 Å². The molecule has 1 aliphatic heterocycles. The largest absolute Gasteiger partial charge is 0.490 e. The van der Waals surface area contributed by atoms with Gasteiger partial charge in [0.1, 0.15) is 11.9 Å². The van der Waals surface area contributed by atoms with Crippen LogP contribution in [-0.4, -0.2) is 37.8 Å². The van der Waals surface area contributed by atoms with Gasteiger partial charge in [0.15, 0.2) is 0 Å². The van der Waals surface area contributed by atoms with Gasteiger partial charge in [-0.25, -0.2) is 0 Å². The van der Waals surface area contributed by atoms with Gasteiger partial charge < -0.3 is 20.5 Å². The monoisotopic (exact) mass is 340 g/mol. The van der Waals surface area contributed by atoms with Crippen LogP contribution < -0.4 is 15.8 Å². The van der Waals surface area contributed by atoms with Crippen molar-refractivity contribution in [3.05, 3.63) is 29.8 Å². The van der Waals surface area contributed by atoms with E-state index in [-0.39, 0.29) is 30.5 Å². The molecule has 0 radical (unpaired) electrons. The molecule has 1 heterocycles. The van der Waals surface area contributed by atoms with Crippen LogP contribution in [0.4, 0.5) is 0 Å². The number of carbonyl (C=O) groups is 1. The molecule has 6 heteroatoms. The van der Waals surface area contributed by atoms with Crippen molar-refractivity contribution in [3.8, 4) is 5.75 Å². The van der Waals surface area contributed by atoms with Crippen LogP contribution in [0.15, 0.2) is 24.3 Å². The van der Waals surface area contributed by atoms with Gasteiger partial charge in [-0.15, -0.1) is 12.4 Å². The van der Waals surface area contributed by atoms with Crippen molar-refractivity contribution >= 4 is 18.3 Å². The first-order chi connectivity index (χ1) is 10.7. The Bertz CT molecular complexity index is 499. The lowest BCUT2D eigenvalue weighted by Crippen LogP contribution is -2.38. The van der Waals surface area contributed by atoms with Crippen LogP contribution in [0.3, 0.4) is 0 Å². The molecule has 3 rings (SSSR count). The predicted octanol–water partition coefficient (Wildman–Crippen LogP) is 2.13. The summed E-state index contributed by atoms with van der Waals surface area (Å²) in [7, 11) is 0. The number of rotatable bonds is 6. The zero-order valence-corrected chi connectivity index (χ0v) is 14.0. The fourth-order valence-corrected chi connectivity index (χ4v) is 2.67. The molecule has 3 N–H and O–H groups in total. The van der Waals surface area contributed by atoms with Crippen molar-refractivity contribution in [3.63, 3.8) is 0 Å². The summed E-state index contributed by atoms with van der Waals surface area (Å²) in [5, 5.41) is 2.90. The van der Waals surface area contributed by atoms with E-state index < -0.39 is 0 Å². The van der Waals surface area contributed by atoms with Gasteiger partial charge >= 0.3 is 0 Å². The number of halogens is 1. The molecule has 2 fully saturated rings. The Hall–Kier alpha value is -1.30. The highest BCUT2D eigenvalue weighted by atomic mass is 35.5. The fourth-order valence-electron chi connectivity index (χ4n) is 2.67. The fraction of sp³-hybridized carbons (Fsp3) is 0.588. The van der Waals surface area contributed by atoms with Gasteiger partial charge in [-0.3, -0.25) is 4.79 Å². The molecule has 1 aromatic carbocycles. The topological polar surface area (TPSA) is 73.6 Å². The SMILES string of the molecule is Cl.NC(CNC(=O)c1ccc(OC2CCOCC2)cc1)C1CC1. The number of nitrogens with one attached hydrogen (secondary N) is 1. The molecule has 0 aromatic heterocycles. The van der Waals surface area contributed by atoms with Crippen molar-refractivity contribution in [2.45, 2.75) is 37.8 Å². The Kier molecular flexibility index (Phi) is 6.69. The first-order valence-corrected chi connectivity index (χ1v) is 8.10. The van der Waals surface area contributed by atoms with Gasteiger partial charge in [-0.05, 0) is 43.0 Å². The van der Waals surface area contributed by atoms with Crippen LogP contribution in [0, 0.1) is 5.92 Å². The third-order valence-electron chi connectivity index (χ3n) is 4.31. The molecule has 1 saturated carbocycles. The lowest BCUT2D eigenvalue weighted by atomic mass is 10.1. The molecule has 128 valence electrons. The normalized spacial score (nSPS) is 19.5.